The Morgan fingerprint density at radius 3 is 2.57 bits per heavy atom. The first kappa shape index (κ1) is 11.1. The van der Waals surface area contributed by atoms with E-state index >= 15 is 0 Å². The van der Waals surface area contributed by atoms with Crippen molar-refractivity contribution in [3.8, 4) is 0 Å². The van der Waals surface area contributed by atoms with Crippen molar-refractivity contribution in [1.82, 2.24) is 4.98 Å². The molecule has 4 nitrogen and oxygen atoms in total. The molecule has 14 heavy (non-hydrogen) atoms. The molecular formula is C9H13NO3S. The highest BCUT2D eigenvalue weighted by atomic mass is 32.2. The van der Waals surface area contributed by atoms with Crippen molar-refractivity contribution in [3.05, 3.63) is 29.6 Å². The third-order valence-electron chi connectivity index (χ3n) is 1.74. The SMILES string of the molecule is CCCc1ccc(CS(=O)(=O)O)cn1. The average molecular weight is 215 g/mol. The van der Waals surface area contributed by atoms with Gasteiger partial charge in [-0.2, -0.15) is 8.42 Å². The summed E-state index contributed by atoms with van der Waals surface area (Å²) in [5.41, 5.74) is 1.44. The Bertz CT molecular complexity index is 383. The summed E-state index contributed by atoms with van der Waals surface area (Å²) in [5, 5.41) is 0. The molecule has 0 radical (unpaired) electrons. The lowest BCUT2D eigenvalue weighted by Crippen LogP contribution is -2.02. The fraction of sp³-hybridized carbons (Fsp3) is 0.444. The zero-order chi connectivity index (χ0) is 10.6. The molecule has 78 valence electrons. The summed E-state index contributed by atoms with van der Waals surface area (Å²) in [6, 6.07) is 3.45. The Morgan fingerprint density at radius 2 is 2.14 bits per heavy atom. The van der Waals surface area contributed by atoms with Gasteiger partial charge in [0, 0.05) is 11.9 Å². The molecule has 0 aliphatic carbocycles. The summed E-state index contributed by atoms with van der Waals surface area (Å²) in [6.45, 7) is 2.05. The Balaban J connectivity index is 2.74. The number of rotatable bonds is 4. The predicted octanol–water partition coefficient (Wildman–Crippen LogP) is 1.42. The van der Waals surface area contributed by atoms with Gasteiger partial charge in [0.1, 0.15) is 5.75 Å². The standard InChI is InChI=1S/C9H13NO3S/c1-2-3-9-5-4-8(6-10-9)7-14(11,12)13/h4-6H,2-3,7H2,1H3,(H,11,12,13). The lowest BCUT2D eigenvalue weighted by molar-refractivity contribution is 0.482. The van der Waals surface area contributed by atoms with Crippen molar-refractivity contribution in [2.75, 3.05) is 0 Å². The van der Waals surface area contributed by atoms with Crippen LogP contribution in [0.25, 0.3) is 0 Å². The molecule has 1 rings (SSSR count). The highest BCUT2D eigenvalue weighted by Gasteiger charge is 2.06. The topological polar surface area (TPSA) is 67.3 Å². The van der Waals surface area contributed by atoms with Gasteiger partial charge in [-0.1, -0.05) is 19.4 Å². The molecule has 0 saturated carbocycles. The third kappa shape index (κ3) is 3.85. The van der Waals surface area contributed by atoms with Gasteiger partial charge >= 0.3 is 0 Å². The number of nitrogens with zero attached hydrogens (tertiary/aromatic N) is 1. The van der Waals surface area contributed by atoms with E-state index in [4.69, 9.17) is 4.55 Å². The van der Waals surface area contributed by atoms with Gasteiger partial charge in [-0.05, 0) is 18.1 Å². The molecule has 0 amide bonds. The molecule has 0 atom stereocenters. The number of aromatic nitrogens is 1. The highest BCUT2D eigenvalue weighted by molar-refractivity contribution is 7.85. The van der Waals surface area contributed by atoms with Crippen LogP contribution in [0.15, 0.2) is 18.3 Å². The highest BCUT2D eigenvalue weighted by Crippen LogP contribution is 2.05. The van der Waals surface area contributed by atoms with E-state index in [9.17, 15) is 8.42 Å². The predicted molar refractivity (Wildman–Crippen MR) is 53.5 cm³/mol. The molecule has 5 heteroatoms. The van der Waals surface area contributed by atoms with Gasteiger partial charge < -0.3 is 0 Å². The summed E-state index contributed by atoms with van der Waals surface area (Å²) >= 11 is 0. The first-order chi connectivity index (χ1) is 6.51. The van der Waals surface area contributed by atoms with Gasteiger partial charge in [0.15, 0.2) is 0 Å². The molecule has 0 fully saturated rings. The second kappa shape index (κ2) is 4.52. The third-order valence-corrected chi connectivity index (χ3v) is 2.44. The minimum Gasteiger partial charge on any atom is -0.285 e. The maximum absolute atomic E-state index is 10.5. The van der Waals surface area contributed by atoms with E-state index in [0.717, 1.165) is 18.5 Å². The summed E-state index contributed by atoms with van der Waals surface area (Å²) < 4.78 is 29.7. The first-order valence-corrected chi connectivity index (χ1v) is 6.01. The Kier molecular flexibility index (Phi) is 3.60. The second-order valence-electron chi connectivity index (χ2n) is 3.13. The van der Waals surface area contributed by atoms with Crippen molar-refractivity contribution in [3.63, 3.8) is 0 Å². The molecule has 0 aromatic carbocycles. The molecule has 1 aromatic rings. The normalized spacial score (nSPS) is 11.6. The number of aryl methyl sites for hydroxylation is 1. The van der Waals surface area contributed by atoms with Crippen LogP contribution in [0.4, 0.5) is 0 Å². The lowest BCUT2D eigenvalue weighted by Gasteiger charge is -2.00. The van der Waals surface area contributed by atoms with Gasteiger partial charge in [-0.3, -0.25) is 9.54 Å². The van der Waals surface area contributed by atoms with E-state index < -0.39 is 10.1 Å². The van der Waals surface area contributed by atoms with Crippen molar-refractivity contribution < 1.29 is 13.0 Å². The van der Waals surface area contributed by atoms with Gasteiger partial charge in [0.2, 0.25) is 0 Å². The molecule has 1 aromatic heterocycles. The Hall–Kier alpha value is -0.940. The van der Waals surface area contributed by atoms with Gasteiger partial charge in [0.25, 0.3) is 10.1 Å². The summed E-state index contributed by atoms with van der Waals surface area (Å²) in [6.07, 6.45) is 3.37. The Labute approximate surface area is 83.7 Å². The first-order valence-electron chi connectivity index (χ1n) is 4.40. The van der Waals surface area contributed by atoms with Crippen LogP contribution in [-0.4, -0.2) is 18.0 Å². The van der Waals surface area contributed by atoms with Crippen LogP contribution in [0.1, 0.15) is 24.6 Å². The molecule has 0 spiro atoms. The van der Waals surface area contributed by atoms with E-state index in [1.54, 1.807) is 12.1 Å². The van der Waals surface area contributed by atoms with Crippen molar-refractivity contribution in [1.29, 1.82) is 0 Å². The smallest absolute Gasteiger partial charge is 0.269 e. The lowest BCUT2D eigenvalue weighted by atomic mass is 10.2. The molecule has 0 unspecified atom stereocenters. The summed E-state index contributed by atoms with van der Waals surface area (Å²) in [5.74, 6) is -0.369. The molecule has 0 aliphatic rings. The minimum absolute atomic E-state index is 0.369. The van der Waals surface area contributed by atoms with Gasteiger partial charge in [-0.25, -0.2) is 0 Å². The van der Waals surface area contributed by atoms with Gasteiger partial charge in [0.05, 0.1) is 0 Å². The van der Waals surface area contributed by atoms with Crippen LogP contribution >= 0.6 is 0 Å². The molecule has 0 aliphatic heterocycles. The molecule has 0 bridgehead atoms. The largest absolute Gasteiger partial charge is 0.285 e. The van der Waals surface area contributed by atoms with Crippen molar-refractivity contribution >= 4 is 10.1 Å². The molecule has 0 saturated heterocycles. The molecule has 1 heterocycles. The maximum Gasteiger partial charge on any atom is 0.269 e. The van der Waals surface area contributed by atoms with Crippen LogP contribution < -0.4 is 0 Å². The zero-order valence-corrected chi connectivity index (χ0v) is 8.79. The van der Waals surface area contributed by atoms with E-state index in [2.05, 4.69) is 4.98 Å². The fourth-order valence-electron chi connectivity index (χ4n) is 1.16. The van der Waals surface area contributed by atoms with Crippen LogP contribution in [0.2, 0.25) is 0 Å². The van der Waals surface area contributed by atoms with Gasteiger partial charge in [-0.15, -0.1) is 0 Å². The van der Waals surface area contributed by atoms with E-state index in [-0.39, 0.29) is 5.75 Å². The Morgan fingerprint density at radius 1 is 1.43 bits per heavy atom. The minimum atomic E-state index is -3.94. The summed E-state index contributed by atoms with van der Waals surface area (Å²) in [7, 11) is -3.94. The van der Waals surface area contributed by atoms with E-state index in [0.29, 0.717) is 5.56 Å². The average Bonchev–Trinajstić information content (AvgIpc) is 2.06. The monoisotopic (exact) mass is 215 g/mol. The molecular weight excluding hydrogens is 202 g/mol. The van der Waals surface area contributed by atoms with Crippen molar-refractivity contribution in [2.45, 2.75) is 25.5 Å². The van der Waals surface area contributed by atoms with Crippen LogP contribution in [0.3, 0.4) is 0 Å². The number of hydrogen-bond donors (Lipinski definition) is 1. The fourth-order valence-corrected chi connectivity index (χ4v) is 1.75. The quantitative estimate of drug-likeness (QED) is 0.771. The van der Waals surface area contributed by atoms with Crippen LogP contribution in [0, 0.1) is 0 Å². The zero-order valence-electron chi connectivity index (χ0n) is 7.97. The molecule has 1 N–H and O–H groups in total. The van der Waals surface area contributed by atoms with Crippen molar-refractivity contribution in [2.24, 2.45) is 0 Å². The van der Waals surface area contributed by atoms with Crippen LogP contribution in [0.5, 0.6) is 0 Å². The second-order valence-corrected chi connectivity index (χ2v) is 4.59. The maximum atomic E-state index is 10.5. The van der Waals surface area contributed by atoms with E-state index in [1.165, 1.54) is 6.20 Å². The van der Waals surface area contributed by atoms with E-state index in [1.807, 2.05) is 6.92 Å². The summed E-state index contributed by atoms with van der Waals surface area (Å²) in [4.78, 5) is 4.08. The number of hydrogen-bond acceptors (Lipinski definition) is 3. The van der Waals surface area contributed by atoms with Crippen LogP contribution in [-0.2, 0) is 22.3 Å². The number of pyridine rings is 1.